The van der Waals surface area contributed by atoms with E-state index in [1.807, 2.05) is 20.8 Å². The monoisotopic (exact) mass is 120 g/mol. The van der Waals surface area contributed by atoms with Crippen LogP contribution < -0.4 is 0 Å². The minimum Gasteiger partial charge on any atom is -0.356 e. The fourth-order valence-corrected chi connectivity index (χ4v) is 0.0962. The Kier molecular flexibility index (Phi) is 13.6. The molecule has 0 aliphatic carbocycles. The molecule has 0 heterocycles. The van der Waals surface area contributed by atoms with Gasteiger partial charge in [-0.15, -0.1) is 0 Å². The lowest BCUT2D eigenvalue weighted by Crippen LogP contribution is -2.05. The molecular weight excluding hydrogens is 104 g/mol. The molecule has 0 aromatic heterocycles. The molecule has 52 valence electrons. The second kappa shape index (κ2) is 10.0. The first-order valence-corrected chi connectivity index (χ1v) is 2.87. The van der Waals surface area contributed by atoms with Crippen molar-refractivity contribution in [2.24, 2.45) is 0 Å². The number of methoxy groups -OCH3 is 2. The summed E-state index contributed by atoms with van der Waals surface area (Å²) in [5.41, 5.74) is 0. The van der Waals surface area contributed by atoms with Crippen LogP contribution in [-0.4, -0.2) is 20.5 Å². The van der Waals surface area contributed by atoms with Crippen molar-refractivity contribution in [3.05, 3.63) is 0 Å². The Morgan fingerprint density at radius 1 is 1.00 bits per heavy atom. The average molecular weight is 120 g/mol. The molecule has 0 bridgehead atoms. The molecule has 0 amide bonds. The maximum atomic E-state index is 4.68. The van der Waals surface area contributed by atoms with E-state index in [9.17, 15) is 0 Å². The molecule has 0 unspecified atom stereocenters. The van der Waals surface area contributed by atoms with E-state index >= 15 is 0 Å². The van der Waals surface area contributed by atoms with Crippen LogP contribution in [0.4, 0.5) is 0 Å². The Balaban J connectivity index is 0. The van der Waals surface area contributed by atoms with Gasteiger partial charge in [0.25, 0.3) is 0 Å². The second-order valence-corrected chi connectivity index (χ2v) is 1.04. The summed E-state index contributed by atoms with van der Waals surface area (Å²) in [5, 5.41) is 0. The van der Waals surface area contributed by atoms with Gasteiger partial charge in [0.2, 0.25) is 0 Å². The number of hydrogen-bond donors (Lipinski definition) is 0. The first-order chi connectivity index (χ1) is 3.81. The van der Waals surface area contributed by atoms with Crippen molar-refractivity contribution < 1.29 is 9.47 Å². The third kappa shape index (κ3) is 9.33. The van der Waals surface area contributed by atoms with E-state index in [-0.39, 0.29) is 6.29 Å². The normalized spacial score (nSPS) is 8.25. The Morgan fingerprint density at radius 3 is 1.25 bits per heavy atom. The van der Waals surface area contributed by atoms with E-state index in [0.29, 0.717) is 0 Å². The maximum Gasteiger partial charge on any atom is 0.154 e. The van der Waals surface area contributed by atoms with E-state index in [2.05, 4.69) is 9.47 Å². The van der Waals surface area contributed by atoms with Crippen molar-refractivity contribution in [1.82, 2.24) is 0 Å². The van der Waals surface area contributed by atoms with Gasteiger partial charge in [0, 0.05) is 14.2 Å². The largest absolute Gasteiger partial charge is 0.356 e. The van der Waals surface area contributed by atoms with Crippen LogP contribution in [0.25, 0.3) is 0 Å². The maximum absolute atomic E-state index is 4.68. The fourth-order valence-electron chi connectivity index (χ4n) is 0.0962. The molecule has 0 aromatic carbocycles. The minimum atomic E-state index is -0.0648. The predicted molar refractivity (Wildman–Crippen MR) is 34.8 cm³/mol. The van der Waals surface area contributed by atoms with Crippen molar-refractivity contribution in [3.8, 4) is 0 Å². The smallest absolute Gasteiger partial charge is 0.154 e. The summed E-state index contributed by atoms with van der Waals surface area (Å²) in [6.45, 7) is 5.83. The van der Waals surface area contributed by atoms with E-state index < -0.39 is 0 Å². The van der Waals surface area contributed by atoms with Crippen LogP contribution in [0.1, 0.15) is 20.8 Å². The Bertz CT molecular complexity index is 25.7. The summed E-state index contributed by atoms with van der Waals surface area (Å²) in [4.78, 5) is 0. The van der Waals surface area contributed by atoms with Crippen LogP contribution in [0, 0.1) is 0 Å². The summed E-state index contributed by atoms with van der Waals surface area (Å²) in [6.07, 6.45) is -0.0648. The van der Waals surface area contributed by atoms with Crippen LogP contribution in [0.5, 0.6) is 0 Å². The molecule has 0 saturated heterocycles. The van der Waals surface area contributed by atoms with E-state index in [4.69, 9.17) is 0 Å². The molecule has 0 rings (SSSR count). The standard InChI is InChI=1S/C4H10O2.C2H6/c1-4(5-2)6-3;1-2/h4H,1-3H3;1-2H3. The first-order valence-electron chi connectivity index (χ1n) is 2.87. The molecule has 0 atom stereocenters. The van der Waals surface area contributed by atoms with Gasteiger partial charge in [-0.2, -0.15) is 0 Å². The van der Waals surface area contributed by atoms with Crippen molar-refractivity contribution in [3.63, 3.8) is 0 Å². The minimum absolute atomic E-state index is 0.0648. The summed E-state index contributed by atoms with van der Waals surface area (Å²) in [5.74, 6) is 0. The highest BCUT2D eigenvalue weighted by molar-refractivity contribution is 4.17. The molecule has 0 aromatic rings. The Labute approximate surface area is 51.8 Å². The molecule has 0 radical (unpaired) electrons. The molecule has 2 heteroatoms. The van der Waals surface area contributed by atoms with Gasteiger partial charge in [0.1, 0.15) is 0 Å². The van der Waals surface area contributed by atoms with E-state index in [1.165, 1.54) is 0 Å². The highest BCUT2D eigenvalue weighted by Gasteiger charge is 1.87. The average Bonchev–Trinajstić information content (AvgIpc) is 1.91. The zero-order valence-corrected chi connectivity index (χ0v) is 6.39. The van der Waals surface area contributed by atoms with E-state index in [0.717, 1.165) is 0 Å². The molecule has 2 nitrogen and oxygen atoms in total. The third-order valence-electron chi connectivity index (χ3n) is 0.664. The van der Waals surface area contributed by atoms with Crippen LogP contribution in [0.3, 0.4) is 0 Å². The Morgan fingerprint density at radius 2 is 1.25 bits per heavy atom. The van der Waals surface area contributed by atoms with Gasteiger partial charge in [-0.25, -0.2) is 0 Å². The van der Waals surface area contributed by atoms with Gasteiger partial charge in [0.15, 0.2) is 6.29 Å². The highest BCUT2D eigenvalue weighted by atomic mass is 16.7. The van der Waals surface area contributed by atoms with Gasteiger partial charge in [-0.1, -0.05) is 13.8 Å². The summed E-state index contributed by atoms with van der Waals surface area (Å²) < 4.78 is 9.35. The molecule has 0 fully saturated rings. The number of ether oxygens (including phenoxy) is 2. The molecule has 0 saturated carbocycles. The van der Waals surface area contributed by atoms with Crippen molar-refractivity contribution in [2.45, 2.75) is 27.1 Å². The molecule has 0 N–H and O–H groups in total. The van der Waals surface area contributed by atoms with Crippen LogP contribution in [0.15, 0.2) is 0 Å². The van der Waals surface area contributed by atoms with Gasteiger partial charge >= 0.3 is 0 Å². The quantitative estimate of drug-likeness (QED) is 0.516. The topological polar surface area (TPSA) is 18.5 Å². The van der Waals surface area contributed by atoms with E-state index in [1.54, 1.807) is 14.2 Å². The van der Waals surface area contributed by atoms with Crippen molar-refractivity contribution in [1.29, 1.82) is 0 Å². The molecule has 8 heavy (non-hydrogen) atoms. The van der Waals surface area contributed by atoms with Crippen molar-refractivity contribution >= 4 is 0 Å². The number of hydrogen-bond acceptors (Lipinski definition) is 2. The molecule has 0 aliphatic rings. The van der Waals surface area contributed by atoms with Crippen LogP contribution in [0.2, 0.25) is 0 Å². The SMILES string of the molecule is CC.COC(C)OC. The zero-order chi connectivity index (χ0) is 6.99. The Hall–Kier alpha value is -0.0800. The lowest BCUT2D eigenvalue weighted by Gasteiger charge is -2.03. The third-order valence-corrected chi connectivity index (χ3v) is 0.664. The second-order valence-electron chi connectivity index (χ2n) is 1.04. The molecule has 0 spiro atoms. The molecular formula is C6H16O2. The molecule has 0 aliphatic heterocycles. The van der Waals surface area contributed by atoms with Gasteiger partial charge in [0.05, 0.1) is 0 Å². The highest BCUT2D eigenvalue weighted by Crippen LogP contribution is 1.82. The summed E-state index contributed by atoms with van der Waals surface area (Å²) in [6, 6.07) is 0. The lowest BCUT2D eigenvalue weighted by atomic mass is 10.8. The fraction of sp³-hybridized carbons (Fsp3) is 1.00. The lowest BCUT2D eigenvalue weighted by molar-refractivity contribution is -0.0877. The van der Waals surface area contributed by atoms with Gasteiger partial charge < -0.3 is 9.47 Å². The predicted octanol–water partition coefficient (Wildman–Crippen LogP) is 1.65. The van der Waals surface area contributed by atoms with Crippen molar-refractivity contribution in [2.75, 3.05) is 14.2 Å². The van der Waals surface area contributed by atoms with Crippen LogP contribution in [-0.2, 0) is 9.47 Å². The summed E-state index contributed by atoms with van der Waals surface area (Å²) >= 11 is 0. The number of rotatable bonds is 2. The van der Waals surface area contributed by atoms with Gasteiger partial charge in [-0.05, 0) is 6.92 Å². The summed E-state index contributed by atoms with van der Waals surface area (Å²) in [7, 11) is 3.21. The van der Waals surface area contributed by atoms with Gasteiger partial charge in [-0.3, -0.25) is 0 Å². The first kappa shape index (κ1) is 10.8. The van der Waals surface area contributed by atoms with Crippen LogP contribution >= 0.6 is 0 Å². The zero-order valence-electron chi connectivity index (χ0n) is 6.39.